The van der Waals surface area contributed by atoms with Crippen molar-refractivity contribution in [3.63, 3.8) is 0 Å². The second-order valence-corrected chi connectivity index (χ2v) is 7.79. The largest absolute Gasteiger partial charge is 0.335 e. The number of halogens is 2. The Morgan fingerprint density at radius 3 is 2.44 bits per heavy atom. The van der Waals surface area contributed by atoms with Gasteiger partial charge in [-0.25, -0.2) is 14.1 Å². The number of aryl methyl sites for hydroxylation is 1. The Labute approximate surface area is 189 Å². The molecule has 0 bridgehead atoms. The van der Waals surface area contributed by atoms with E-state index >= 15 is 0 Å². The van der Waals surface area contributed by atoms with Gasteiger partial charge in [0.15, 0.2) is 0 Å². The molecule has 160 valence electrons. The average molecular weight is 449 g/mol. The second kappa shape index (κ2) is 8.77. The fraction of sp³-hybridized carbons (Fsp3) is 0.0800. The summed E-state index contributed by atoms with van der Waals surface area (Å²) in [4.78, 5) is 39.1. The zero-order valence-corrected chi connectivity index (χ0v) is 17.8. The molecule has 1 fully saturated rings. The van der Waals surface area contributed by atoms with E-state index in [0.29, 0.717) is 33.0 Å². The Hall–Kier alpha value is -3.77. The van der Waals surface area contributed by atoms with Crippen LogP contribution >= 0.6 is 11.6 Å². The first-order chi connectivity index (χ1) is 15.3. The lowest BCUT2D eigenvalue weighted by Gasteiger charge is -2.27. The number of nitrogens with one attached hydrogen (secondary N) is 1. The number of imide groups is 2. The molecule has 0 spiro atoms. The number of nitrogens with zero attached hydrogens (tertiary/aromatic N) is 1. The van der Waals surface area contributed by atoms with E-state index in [9.17, 15) is 18.8 Å². The minimum Gasteiger partial charge on any atom is -0.273 e. The molecular formula is C25H18ClFN2O3. The van der Waals surface area contributed by atoms with Crippen LogP contribution in [-0.2, 0) is 16.0 Å². The van der Waals surface area contributed by atoms with Crippen molar-refractivity contribution >= 4 is 41.2 Å². The van der Waals surface area contributed by atoms with Crippen molar-refractivity contribution in [2.45, 2.75) is 13.3 Å². The van der Waals surface area contributed by atoms with Gasteiger partial charge in [-0.3, -0.25) is 14.9 Å². The van der Waals surface area contributed by atoms with Crippen LogP contribution in [0.5, 0.6) is 0 Å². The van der Waals surface area contributed by atoms with E-state index in [2.05, 4.69) is 5.32 Å². The van der Waals surface area contributed by atoms with Crippen molar-refractivity contribution in [1.29, 1.82) is 0 Å². The van der Waals surface area contributed by atoms with Crippen LogP contribution in [0.1, 0.15) is 22.3 Å². The molecule has 4 amide bonds. The topological polar surface area (TPSA) is 66.5 Å². The van der Waals surface area contributed by atoms with Crippen LogP contribution in [-0.4, -0.2) is 17.8 Å². The van der Waals surface area contributed by atoms with Crippen molar-refractivity contribution in [3.8, 4) is 0 Å². The SMILES string of the molecule is Cc1ccccc1N1C(=O)NC(=O)/C(=C\c2cc(Cl)ccc2Cc2ccccc2F)C1=O. The van der Waals surface area contributed by atoms with E-state index in [1.165, 1.54) is 12.1 Å². The lowest BCUT2D eigenvalue weighted by Crippen LogP contribution is -2.54. The number of urea groups is 1. The molecule has 3 aromatic rings. The Morgan fingerprint density at radius 2 is 1.69 bits per heavy atom. The molecule has 4 rings (SSSR count). The lowest BCUT2D eigenvalue weighted by molar-refractivity contribution is -0.122. The van der Waals surface area contributed by atoms with Crippen LogP contribution < -0.4 is 10.2 Å². The molecule has 1 aliphatic heterocycles. The summed E-state index contributed by atoms with van der Waals surface area (Å²) in [6.45, 7) is 1.76. The number of carbonyl (C=O) groups is 3. The molecule has 1 aliphatic rings. The smallest absolute Gasteiger partial charge is 0.273 e. The van der Waals surface area contributed by atoms with Gasteiger partial charge in [0.2, 0.25) is 0 Å². The number of para-hydroxylation sites is 1. The molecule has 1 N–H and O–H groups in total. The number of rotatable bonds is 4. The second-order valence-electron chi connectivity index (χ2n) is 7.36. The van der Waals surface area contributed by atoms with Crippen LogP contribution in [0.15, 0.2) is 72.3 Å². The molecule has 5 nitrogen and oxygen atoms in total. The first-order valence-electron chi connectivity index (χ1n) is 9.84. The van der Waals surface area contributed by atoms with E-state index in [0.717, 1.165) is 4.90 Å². The Morgan fingerprint density at radius 1 is 0.969 bits per heavy atom. The molecule has 0 saturated carbocycles. The molecule has 32 heavy (non-hydrogen) atoms. The van der Waals surface area contributed by atoms with Crippen molar-refractivity contribution in [3.05, 3.63) is 105 Å². The maximum atomic E-state index is 14.2. The van der Waals surface area contributed by atoms with Crippen LogP contribution in [0.25, 0.3) is 6.08 Å². The summed E-state index contributed by atoms with van der Waals surface area (Å²) in [5.41, 5.74) is 2.49. The zero-order valence-electron chi connectivity index (χ0n) is 17.1. The quantitative estimate of drug-likeness (QED) is 0.449. The highest BCUT2D eigenvalue weighted by molar-refractivity contribution is 6.39. The van der Waals surface area contributed by atoms with Gasteiger partial charge in [0.25, 0.3) is 11.8 Å². The summed E-state index contributed by atoms with van der Waals surface area (Å²) < 4.78 is 14.2. The number of amides is 4. The van der Waals surface area contributed by atoms with Crippen LogP contribution in [0.3, 0.4) is 0 Å². The molecule has 7 heteroatoms. The Kier molecular flexibility index (Phi) is 5.88. The third kappa shape index (κ3) is 4.18. The molecule has 0 radical (unpaired) electrons. The molecule has 0 unspecified atom stereocenters. The van der Waals surface area contributed by atoms with Crippen LogP contribution in [0, 0.1) is 12.7 Å². The fourth-order valence-corrected chi connectivity index (χ4v) is 3.73. The molecule has 0 aromatic heterocycles. The third-order valence-corrected chi connectivity index (χ3v) is 5.44. The zero-order chi connectivity index (χ0) is 22.8. The third-order valence-electron chi connectivity index (χ3n) is 5.20. The van der Waals surface area contributed by atoms with Gasteiger partial charge >= 0.3 is 6.03 Å². The first-order valence-corrected chi connectivity index (χ1v) is 10.2. The van der Waals surface area contributed by atoms with E-state index < -0.39 is 17.8 Å². The summed E-state index contributed by atoms with van der Waals surface area (Å²) in [6.07, 6.45) is 1.62. The van der Waals surface area contributed by atoms with Crippen molar-refractivity contribution in [2.75, 3.05) is 4.90 Å². The number of barbiturate groups is 1. The number of anilines is 1. The number of hydrogen-bond acceptors (Lipinski definition) is 3. The van der Waals surface area contributed by atoms with Crippen LogP contribution in [0.4, 0.5) is 14.9 Å². The van der Waals surface area contributed by atoms with Gasteiger partial charge in [-0.1, -0.05) is 54.1 Å². The van der Waals surface area contributed by atoms with Crippen LogP contribution in [0.2, 0.25) is 5.02 Å². The Balaban J connectivity index is 1.77. The van der Waals surface area contributed by atoms with Gasteiger partial charge in [-0.2, -0.15) is 0 Å². The van der Waals surface area contributed by atoms with Gasteiger partial charge in [-0.15, -0.1) is 0 Å². The average Bonchev–Trinajstić information content (AvgIpc) is 2.75. The lowest BCUT2D eigenvalue weighted by atomic mass is 9.97. The predicted octanol–water partition coefficient (Wildman–Crippen LogP) is 5.04. The first kappa shape index (κ1) is 21.5. The maximum Gasteiger partial charge on any atom is 0.335 e. The highest BCUT2D eigenvalue weighted by Gasteiger charge is 2.37. The molecular weight excluding hydrogens is 431 g/mol. The molecule has 0 atom stereocenters. The van der Waals surface area contributed by atoms with Crippen molar-refractivity contribution in [2.24, 2.45) is 0 Å². The van der Waals surface area contributed by atoms with Gasteiger partial charge in [0, 0.05) is 11.4 Å². The van der Waals surface area contributed by atoms with E-state index in [4.69, 9.17) is 11.6 Å². The van der Waals surface area contributed by atoms with Gasteiger partial charge in [-0.05, 0) is 59.5 Å². The summed E-state index contributed by atoms with van der Waals surface area (Å²) in [5, 5.41) is 2.61. The predicted molar refractivity (Wildman–Crippen MR) is 121 cm³/mol. The molecule has 0 aliphatic carbocycles. The Bertz CT molecular complexity index is 1290. The summed E-state index contributed by atoms with van der Waals surface area (Å²) in [6, 6.07) is 17.4. The van der Waals surface area contributed by atoms with Gasteiger partial charge in [0.1, 0.15) is 11.4 Å². The molecule has 1 heterocycles. The highest BCUT2D eigenvalue weighted by Crippen LogP contribution is 2.27. The van der Waals surface area contributed by atoms with Crippen molar-refractivity contribution < 1.29 is 18.8 Å². The van der Waals surface area contributed by atoms with Gasteiger partial charge < -0.3 is 0 Å². The minimum absolute atomic E-state index is 0.218. The minimum atomic E-state index is -0.816. The maximum absolute atomic E-state index is 14.2. The van der Waals surface area contributed by atoms with Gasteiger partial charge in [0.05, 0.1) is 5.69 Å². The summed E-state index contributed by atoms with van der Waals surface area (Å²) in [7, 11) is 0. The monoisotopic (exact) mass is 448 g/mol. The number of hydrogen-bond donors (Lipinski definition) is 1. The summed E-state index contributed by atoms with van der Waals surface area (Å²) in [5.74, 6) is -1.91. The molecule has 3 aromatic carbocycles. The van der Waals surface area contributed by atoms with E-state index in [-0.39, 0.29) is 17.8 Å². The fourth-order valence-electron chi connectivity index (χ4n) is 3.55. The highest BCUT2D eigenvalue weighted by atomic mass is 35.5. The van der Waals surface area contributed by atoms with E-state index in [1.807, 2.05) is 0 Å². The van der Waals surface area contributed by atoms with E-state index in [1.54, 1.807) is 67.6 Å². The normalized spacial score (nSPS) is 15.3. The summed E-state index contributed by atoms with van der Waals surface area (Å²) >= 11 is 6.16. The number of carbonyl (C=O) groups excluding carboxylic acids is 3. The molecule has 1 saturated heterocycles. The number of benzene rings is 3. The standard InChI is InChI=1S/C25H18ClFN2O3/c1-15-6-2-5-9-22(15)29-24(31)20(23(30)28-25(29)32)14-18-13-19(26)11-10-16(18)12-17-7-3-4-8-21(17)27/h2-11,13-14H,12H2,1H3,(H,28,30,32)/b20-14+. The van der Waals surface area contributed by atoms with Crippen molar-refractivity contribution in [1.82, 2.24) is 5.32 Å².